The Bertz CT molecular complexity index is 571. The fraction of sp³-hybridized carbons (Fsp3) is 0.529. The normalized spacial score (nSPS) is 10.9. The quantitative estimate of drug-likeness (QED) is 0.625. The SMILES string of the molecule is CCC(N)(CC)CNC(=O)c1ccc(OCC(=O)NC)c(OC)c1. The highest BCUT2D eigenvalue weighted by molar-refractivity contribution is 5.95. The third-order valence-electron chi connectivity index (χ3n) is 4.07. The lowest BCUT2D eigenvalue weighted by Gasteiger charge is -2.26. The predicted octanol–water partition coefficient (Wildman–Crippen LogP) is 1.07. The van der Waals surface area contributed by atoms with Gasteiger partial charge in [0.15, 0.2) is 18.1 Å². The summed E-state index contributed by atoms with van der Waals surface area (Å²) in [4.78, 5) is 23.5. The van der Waals surface area contributed by atoms with Gasteiger partial charge in [0.2, 0.25) is 0 Å². The maximum Gasteiger partial charge on any atom is 0.257 e. The van der Waals surface area contributed by atoms with Gasteiger partial charge < -0.3 is 25.8 Å². The fourth-order valence-electron chi connectivity index (χ4n) is 2.00. The molecule has 0 bridgehead atoms. The summed E-state index contributed by atoms with van der Waals surface area (Å²) in [5.41, 5.74) is 6.22. The number of hydrogen-bond donors (Lipinski definition) is 3. The summed E-state index contributed by atoms with van der Waals surface area (Å²) in [6.07, 6.45) is 1.55. The second-order valence-corrected chi connectivity index (χ2v) is 5.58. The minimum absolute atomic E-state index is 0.124. The van der Waals surface area contributed by atoms with Crippen molar-refractivity contribution in [3.63, 3.8) is 0 Å². The molecule has 0 atom stereocenters. The number of amides is 2. The van der Waals surface area contributed by atoms with Crippen LogP contribution in [0.3, 0.4) is 0 Å². The minimum atomic E-state index is -0.406. The summed E-state index contributed by atoms with van der Waals surface area (Å²) in [6, 6.07) is 4.80. The summed E-state index contributed by atoms with van der Waals surface area (Å²) in [7, 11) is 3.00. The Balaban J connectivity index is 2.79. The van der Waals surface area contributed by atoms with E-state index >= 15 is 0 Å². The van der Waals surface area contributed by atoms with Crippen molar-refractivity contribution in [3.05, 3.63) is 23.8 Å². The van der Waals surface area contributed by atoms with Gasteiger partial charge in [0.1, 0.15) is 0 Å². The highest BCUT2D eigenvalue weighted by Gasteiger charge is 2.21. The highest BCUT2D eigenvalue weighted by atomic mass is 16.5. The predicted molar refractivity (Wildman–Crippen MR) is 92.4 cm³/mol. The van der Waals surface area contributed by atoms with Crippen molar-refractivity contribution in [1.82, 2.24) is 10.6 Å². The fourth-order valence-corrected chi connectivity index (χ4v) is 2.00. The average molecular weight is 337 g/mol. The summed E-state index contributed by atoms with van der Waals surface area (Å²) < 4.78 is 10.6. The van der Waals surface area contributed by atoms with Gasteiger partial charge in [0, 0.05) is 24.7 Å². The van der Waals surface area contributed by atoms with Gasteiger partial charge in [-0.1, -0.05) is 13.8 Å². The first-order chi connectivity index (χ1) is 11.4. The monoisotopic (exact) mass is 337 g/mol. The maximum absolute atomic E-state index is 12.3. The molecule has 4 N–H and O–H groups in total. The lowest BCUT2D eigenvalue weighted by atomic mass is 9.94. The van der Waals surface area contributed by atoms with E-state index in [4.69, 9.17) is 15.2 Å². The molecule has 0 unspecified atom stereocenters. The Kier molecular flexibility index (Phi) is 7.51. The highest BCUT2D eigenvalue weighted by Crippen LogP contribution is 2.28. The van der Waals surface area contributed by atoms with E-state index in [2.05, 4.69) is 10.6 Å². The molecule has 0 saturated carbocycles. The molecule has 0 saturated heterocycles. The zero-order valence-electron chi connectivity index (χ0n) is 14.8. The van der Waals surface area contributed by atoms with Gasteiger partial charge in [0.05, 0.1) is 7.11 Å². The molecule has 1 aromatic rings. The van der Waals surface area contributed by atoms with E-state index in [9.17, 15) is 9.59 Å². The summed E-state index contributed by atoms with van der Waals surface area (Å²) in [5.74, 6) is 0.296. The molecular weight excluding hydrogens is 310 g/mol. The van der Waals surface area contributed by atoms with Crippen LogP contribution >= 0.6 is 0 Å². The molecule has 0 heterocycles. The average Bonchev–Trinajstić information content (AvgIpc) is 2.63. The van der Waals surface area contributed by atoms with Crippen LogP contribution < -0.4 is 25.8 Å². The van der Waals surface area contributed by atoms with Crippen LogP contribution in [0.2, 0.25) is 0 Å². The van der Waals surface area contributed by atoms with Gasteiger partial charge in [-0.05, 0) is 31.0 Å². The van der Waals surface area contributed by atoms with Crippen molar-refractivity contribution in [1.29, 1.82) is 0 Å². The molecule has 2 amide bonds. The van der Waals surface area contributed by atoms with Crippen molar-refractivity contribution < 1.29 is 19.1 Å². The topological polar surface area (TPSA) is 103 Å². The van der Waals surface area contributed by atoms with Crippen LogP contribution in [0.5, 0.6) is 11.5 Å². The van der Waals surface area contributed by atoms with Crippen LogP contribution in [0, 0.1) is 0 Å². The molecule has 24 heavy (non-hydrogen) atoms. The number of hydrogen-bond acceptors (Lipinski definition) is 5. The summed E-state index contributed by atoms with van der Waals surface area (Å²) >= 11 is 0. The third-order valence-corrected chi connectivity index (χ3v) is 4.07. The van der Waals surface area contributed by atoms with Crippen molar-refractivity contribution in [2.45, 2.75) is 32.2 Å². The van der Waals surface area contributed by atoms with Crippen LogP contribution in [0.1, 0.15) is 37.0 Å². The van der Waals surface area contributed by atoms with E-state index < -0.39 is 5.54 Å². The number of ether oxygens (including phenoxy) is 2. The van der Waals surface area contributed by atoms with Gasteiger partial charge in [0.25, 0.3) is 11.8 Å². The number of rotatable bonds is 9. The smallest absolute Gasteiger partial charge is 0.257 e. The first kappa shape index (κ1) is 19.8. The van der Waals surface area contributed by atoms with E-state index in [1.54, 1.807) is 18.2 Å². The van der Waals surface area contributed by atoms with Crippen LogP contribution in [-0.4, -0.2) is 44.7 Å². The van der Waals surface area contributed by atoms with Crippen molar-refractivity contribution in [2.24, 2.45) is 5.73 Å². The van der Waals surface area contributed by atoms with Crippen molar-refractivity contribution in [3.8, 4) is 11.5 Å². The Morgan fingerprint density at radius 3 is 2.42 bits per heavy atom. The number of methoxy groups -OCH3 is 1. The molecule has 0 aliphatic heterocycles. The molecule has 0 aromatic heterocycles. The summed E-state index contributed by atoms with van der Waals surface area (Å²) in [6.45, 7) is 4.27. The standard InChI is InChI=1S/C17H27N3O4/c1-5-17(18,6-2)11-20-16(22)12-7-8-13(14(9-12)23-4)24-10-15(21)19-3/h7-9H,5-6,10-11,18H2,1-4H3,(H,19,21)(H,20,22). The molecule has 134 valence electrons. The van der Waals surface area contributed by atoms with Crippen molar-refractivity contribution in [2.75, 3.05) is 27.3 Å². The first-order valence-electron chi connectivity index (χ1n) is 7.97. The second-order valence-electron chi connectivity index (χ2n) is 5.58. The van der Waals surface area contributed by atoms with Crippen LogP contribution in [-0.2, 0) is 4.79 Å². The molecule has 1 aromatic carbocycles. The number of nitrogens with two attached hydrogens (primary N) is 1. The molecule has 0 aliphatic carbocycles. The Labute approximate surface area is 142 Å². The van der Waals surface area contributed by atoms with Crippen LogP contribution in [0.15, 0.2) is 18.2 Å². The number of nitrogens with one attached hydrogen (secondary N) is 2. The van der Waals surface area contributed by atoms with Gasteiger partial charge >= 0.3 is 0 Å². The van der Waals surface area contributed by atoms with Gasteiger partial charge in [-0.3, -0.25) is 9.59 Å². The van der Waals surface area contributed by atoms with E-state index in [1.165, 1.54) is 14.2 Å². The largest absolute Gasteiger partial charge is 0.493 e. The van der Waals surface area contributed by atoms with Gasteiger partial charge in [-0.15, -0.1) is 0 Å². The van der Waals surface area contributed by atoms with Gasteiger partial charge in [-0.25, -0.2) is 0 Å². The Morgan fingerprint density at radius 2 is 1.88 bits per heavy atom. The molecule has 7 nitrogen and oxygen atoms in total. The first-order valence-corrected chi connectivity index (χ1v) is 7.97. The van der Waals surface area contributed by atoms with E-state index in [0.717, 1.165) is 12.8 Å². The molecule has 7 heteroatoms. The lowest BCUT2D eigenvalue weighted by Crippen LogP contribution is -2.49. The molecule has 1 rings (SSSR count). The number of likely N-dealkylation sites (N-methyl/N-ethyl adjacent to an activating group) is 1. The van der Waals surface area contributed by atoms with Crippen molar-refractivity contribution >= 4 is 11.8 Å². The number of benzene rings is 1. The molecule has 0 radical (unpaired) electrons. The molecule has 0 aliphatic rings. The molecule has 0 fully saturated rings. The number of carbonyl (C=O) groups is 2. The summed E-state index contributed by atoms with van der Waals surface area (Å²) in [5, 5.41) is 5.31. The Morgan fingerprint density at radius 1 is 1.21 bits per heavy atom. The zero-order chi connectivity index (χ0) is 18.2. The van der Waals surface area contributed by atoms with E-state index in [-0.39, 0.29) is 18.4 Å². The zero-order valence-corrected chi connectivity index (χ0v) is 14.8. The van der Waals surface area contributed by atoms with Crippen LogP contribution in [0.4, 0.5) is 0 Å². The lowest BCUT2D eigenvalue weighted by molar-refractivity contribution is -0.122. The Hall–Kier alpha value is -2.28. The maximum atomic E-state index is 12.3. The third kappa shape index (κ3) is 5.42. The molecule has 0 spiro atoms. The van der Waals surface area contributed by atoms with Crippen LogP contribution in [0.25, 0.3) is 0 Å². The molecular formula is C17H27N3O4. The second kappa shape index (κ2) is 9.12. The minimum Gasteiger partial charge on any atom is -0.493 e. The van der Waals surface area contributed by atoms with E-state index in [1.807, 2.05) is 13.8 Å². The van der Waals surface area contributed by atoms with E-state index in [0.29, 0.717) is 23.6 Å². The van der Waals surface area contributed by atoms with Gasteiger partial charge in [-0.2, -0.15) is 0 Å². The number of carbonyl (C=O) groups excluding carboxylic acids is 2.